The molecule has 0 aliphatic heterocycles. The van der Waals surface area contributed by atoms with Crippen LogP contribution in [-0.2, 0) is 28.9 Å². The highest BCUT2D eigenvalue weighted by Crippen LogP contribution is 2.29. The predicted molar refractivity (Wildman–Crippen MR) is 114 cm³/mol. The van der Waals surface area contributed by atoms with Crippen molar-refractivity contribution in [3.05, 3.63) is 75.6 Å². The molecule has 1 aliphatic carbocycles. The minimum Gasteiger partial charge on any atom is -0.484 e. The minimum absolute atomic E-state index is 0.175. The van der Waals surface area contributed by atoms with E-state index in [4.69, 9.17) is 9.15 Å². The van der Waals surface area contributed by atoms with Gasteiger partial charge in [0.25, 0.3) is 5.91 Å². The number of carboxylic acids is 1. The van der Waals surface area contributed by atoms with Crippen molar-refractivity contribution in [3.8, 4) is 5.75 Å². The number of carbonyl (C=O) groups excluding carboxylic acids is 1. The van der Waals surface area contributed by atoms with Gasteiger partial charge in [-0.15, -0.1) is 0 Å². The van der Waals surface area contributed by atoms with E-state index in [1.54, 1.807) is 24.3 Å². The van der Waals surface area contributed by atoms with E-state index in [0.29, 0.717) is 11.3 Å². The quantitative estimate of drug-likeness (QED) is 0.569. The Kier molecular flexibility index (Phi) is 6.02. The first-order valence-corrected chi connectivity index (χ1v) is 10.3. The molecular formula is C24H23NO6. The fourth-order valence-corrected chi connectivity index (χ4v) is 3.95. The Balaban J connectivity index is 1.42. The van der Waals surface area contributed by atoms with Crippen LogP contribution in [0.1, 0.15) is 29.5 Å². The molecule has 1 heterocycles. The first kappa shape index (κ1) is 20.7. The fourth-order valence-electron chi connectivity index (χ4n) is 3.95. The van der Waals surface area contributed by atoms with Crippen molar-refractivity contribution in [3.63, 3.8) is 0 Å². The molecule has 4 rings (SSSR count). The highest BCUT2D eigenvalue weighted by Gasteiger charge is 2.21. The van der Waals surface area contributed by atoms with Crippen LogP contribution in [0.3, 0.4) is 0 Å². The van der Waals surface area contributed by atoms with Gasteiger partial charge in [-0.2, -0.15) is 0 Å². The largest absolute Gasteiger partial charge is 0.484 e. The molecule has 0 bridgehead atoms. The Bertz CT molecular complexity index is 1170. The number of rotatable bonds is 7. The van der Waals surface area contributed by atoms with Crippen molar-refractivity contribution in [2.24, 2.45) is 0 Å². The zero-order chi connectivity index (χ0) is 21.8. The summed E-state index contributed by atoms with van der Waals surface area (Å²) in [6.45, 7) is -0.348. The van der Waals surface area contributed by atoms with Gasteiger partial charge in [0.1, 0.15) is 17.4 Å². The van der Waals surface area contributed by atoms with Gasteiger partial charge >= 0.3 is 11.6 Å². The highest BCUT2D eigenvalue weighted by molar-refractivity contribution is 5.85. The van der Waals surface area contributed by atoms with Crippen molar-refractivity contribution >= 4 is 22.8 Å². The summed E-state index contributed by atoms with van der Waals surface area (Å²) in [5, 5.41) is 12.8. The van der Waals surface area contributed by atoms with Crippen LogP contribution < -0.4 is 15.7 Å². The Hall–Kier alpha value is -3.61. The van der Waals surface area contributed by atoms with Gasteiger partial charge in [0.15, 0.2) is 6.61 Å². The Morgan fingerprint density at radius 1 is 1.06 bits per heavy atom. The fraction of sp³-hybridized carbons (Fsp3) is 0.292. The van der Waals surface area contributed by atoms with E-state index < -0.39 is 17.9 Å². The second kappa shape index (κ2) is 9.04. The van der Waals surface area contributed by atoms with E-state index >= 15 is 0 Å². The second-order valence-electron chi connectivity index (χ2n) is 7.65. The summed E-state index contributed by atoms with van der Waals surface area (Å²) in [6, 6.07) is 13.2. The van der Waals surface area contributed by atoms with E-state index in [1.807, 2.05) is 24.3 Å². The Morgan fingerprint density at radius 2 is 1.81 bits per heavy atom. The Labute approximate surface area is 178 Å². The Morgan fingerprint density at radius 3 is 2.55 bits per heavy atom. The number of amides is 1. The summed E-state index contributed by atoms with van der Waals surface area (Å²) in [5.74, 6) is -1.29. The lowest BCUT2D eigenvalue weighted by atomic mass is 9.91. The molecule has 2 aromatic carbocycles. The van der Waals surface area contributed by atoms with Crippen molar-refractivity contribution < 1.29 is 23.8 Å². The van der Waals surface area contributed by atoms with Crippen LogP contribution in [0.4, 0.5) is 0 Å². The molecule has 0 saturated carbocycles. The molecule has 160 valence electrons. The van der Waals surface area contributed by atoms with E-state index in [2.05, 4.69) is 5.32 Å². The van der Waals surface area contributed by atoms with Crippen LogP contribution >= 0.6 is 0 Å². The maximum absolute atomic E-state index is 12.3. The molecule has 1 aliphatic rings. The summed E-state index contributed by atoms with van der Waals surface area (Å²) in [4.78, 5) is 36.0. The van der Waals surface area contributed by atoms with Crippen molar-refractivity contribution in [1.29, 1.82) is 0 Å². The summed E-state index contributed by atoms with van der Waals surface area (Å²) in [7, 11) is 0. The topological polar surface area (TPSA) is 106 Å². The number of nitrogens with one attached hydrogen (secondary N) is 1. The van der Waals surface area contributed by atoms with Gasteiger partial charge in [0.2, 0.25) is 0 Å². The number of benzene rings is 2. The molecule has 0 spiro atoms. The molecule has 1 atom stereocenters. The normalized spacial score (nSPS) is 13.9. The van der Waals surface area contributed by atoms with Gasteiger partial charge < -0.3 is 19.6 Å². The lowest BCUT2D eigenvalue weighted by Gasteiger charge is -2.17. The first-order valence-electron chi connectivity index (χ1n) is 10.3. The molecule has 3 aromatic rings. The van der Waals surface area contributed by atoms with E-state index in [9.17, 15) is 19.5 Å². The molecule has 1 amide bonds. The van der Waals surface area contributed by atoms with Gasteiger partial charge in [-0.05, 0) is 48.9 Å². The van der Waals surface area contributed by atoms with Crippen LogP contribution in [0.25, 0.3) is 11.0 Å². The summed E-state index contributed by atoms with van der Waals surface area (Å²) >= 11 is 0. The van der Waals surface area contributed by atoms with Crippen LogP contribution in [0, 0.1) is 0 Å². The van der Waals surface area contributed by atoms with E-state index in [1.165, 1.54) is 0 Å². The summed E-state index contributed by atoms with van der Waals surface area (Å²) < 4.78 is 11.0. The zero-order valence-electron chi connectivity index (χ0n) is 16.9. The van der Waals surface area contributed by atoms with E-state index in [-0.39, 0.29) is 18.7 Å². The number of fused-ring (bicyclic) bond motifs is 3. The second-order valence-corrected chi connectivity index (χ2v) is 7.65. The van der Waals surface area contributed by atoms with Crippen LogP contribution in [0.5, 0.6) is 5.75 Å². The van der Waals surface area contributed by atoms with Gasteiger partial charge in [-0.3, -0.25) is 4.79 Å². The third-order valence-electron chi connectivity index (χ3n) is 5.48. The molecule has 0 unspecified atom stereocenters. The highest BCUT2D eigenvalue weighted by atomic mass is 16.5. The average Bonchev–Trinajstić information content (AvgIpc) is 2.78. The predicted octanol–water partition coefficient (Wildman–Crippen LogP) is 2.86. The van der Waals surface area contributed by atoms with Crippen LogP contribution in [0.15, 0.2) is 57.7 Å². The maximum atomic E-state index is 12.3. The number of ether oxygens (including phenoxy) is 1. The molecule has 0 fully saturated rings. The zero-order valence-corrected chi connectivity index (χ0v) is 16.9. The number of aliphatic carboxylic acids is 1. The minimum atomic E-state index is -1.12. The van der Waals surface area contributed by atoms with Gasteiger partial charge in [-0.1, -0.05) is 30.3 Å². The molecule has 2 N–H and O–H groups in total. The molecular weight excluding hydrogens is 398 g/mol. The maximum Gasteiger partial charge on any atom is 0.339 e. The lowest BCUT2D eigenvalue weighted by Crippen LogP contribution is -2.44. The number of aryl methyl sites for hydroxylation is 1. The number of carbonyl (C=O) groups is 2. The monoisotopic (exact) mass is 421 g/mol. The lowest BCUT2D eigenvalue weighted by molar-refractivity contribution is -0.142. The van der Waals surface area contributed by atoms with Crippen LogP contribution in [-0.4, -0.2) is 29.6 Å². The SMILES string of the molecule is O=C(COc1ccc2c3c(c(=O)oc2c1)CCCC3)N[C@H](Cc1ccccc1)C(=O)O. The molecule has 31 heavy (non-hydrogen) atoms. The summed E-state index contributed by atoms with van der Waals surface area (Å²) in [5.41, 5.74) is 2.71. The van der Waals surface area contributed by atoms with Crippen LogP contribution in [0.2, 0.25) is 0 Å². The van der Waals surface area contributed by atoms with Crippen molar-refractivity contribution in [1.82, 2.24) is 5.32 Å². The summed E-state index contributed by atoms with van der Waals surface area (Å²) in [6.07, 6.45) is 3.78. The third kappa shape index (κ3) is 4.77. The van der Waals surface area contributed by atoms with Gasteiger partial charge in [0, 0.05) is 23.4 Å². The molecule has 0 radical (unpaired) electrons. The molecule has 7 heteroatoms. The molecule has 1 aromatic heterocycles. The van der Waals surface area contributed by atoms with Crippen molar-refractivity contribution in [2.75, 3.05) is 6.61 Å². The van der Waals surface area contributed by atoms with Gasteiger partial charge in [-0.25, -0.2) is 9.59 Å². The number of carboxylic acid groups (broad SMARTS) is 1. The van der Waals surface area contributed by atoms with Gasteiger partial charge in [0.05, 0.1) is 0 Å². The third-order valence-corrected chi connectivity index (χ3v) is 5.48. The first-order chi connectivity index (χ1) is 15.0. The smallest absolute Gasteiger partial charge is 0.339 e. The average molecular weight is 421 g/mol. The molecule has 7 nitrogen and oxygen atoms in total. The number of hydrogen-bond donors (Lipinski definition) is 2. The number of hydrogen-bond acceptors (Lipinski definition) is 5. The standard InChI is InChI=1S/C24H23NO6/c26-22(25-20(23(27)28)12-15-6-2-1-3-7-15)14-30-16-10-11-18-17-8-4-5-9-19(17)24(29)31-21(18)13-16/h1-3,6-7,10-11,13,20H,4-5,8-9,12,14H2,(H,25,26)(H,27,28)/t20-/m1/s1. The van der Waals surface area contributed by atoms with Crippen molar-refractivity contribution in [2.45, 2.75) is 38.1 Å². The molecule has 0 saturated heterocycles. The van der Waals surface area contributed by atoms with E-state index in [0.717, 1.165) is 47.8 Å².